The van der Waals surface area contributed by atoms with Gasteiger partial charge in [0.2, 0.25) is 11.8 Å². The van der Waals surface area contributed by atoms with Crippen LogP contribution in [0.3, 0.4) is 0 Å². The minimum Gasteiger partial charge on any atom is -0.495 e. The molecule has 0 radical (unpaired) electrons. The summed E-state index contributed by atoms with van der Waals surface area (Å²) in [6, 6.07) is 5.48. The van der Waals surface area contributed by atoms with E-state index in [1.165, 1.54) is 12.8 Å². The highest BCUT2D eigenvalue weighted by atomic mass is 16.5. The first-order chi connectivity index (χ1) is 11.2. The third-order valence-electron chi connectivity index (χ3n) is 4.78. The fraction of sp³-hybridized carbons (Fsp3) is 0.556. The number of nitrogens with one attached hydrogen (secondary N) is 1. The summed E-state index contributed by atoms with van der Waals surface area (Å²) in [6.45, 7) is 0.703. The molecule has 5 nitrogen and oxygen atoms in total. The second kappa shape index (κ2) is 7.02. The van der Waals surface area contributed by atoms with E-state index in [1.54, 1.807) is 12.0 Å². The molecule has 3 rings (SSSR count). The van der Waals surface area contributed by atoms with Crippen molar-refractivity contribution in [1.29, 1.82) is 0 Å². The molecule has 1 saturated heterocycles. The van der Waals surface area contributed by atoms with Gasteiger partial charge in [-0.1, -0.05) is 12.8 Å². The number of hydrogen-bond donors (Lipinski definition) is 1. The average Bonchev–Trinajstić information content (AvgIpc) is 3.18. The summed E-state index contributed by atoms with van der Waals surface area (Å²) in [5, 5.41) is 2.97. The fourth-order valence-electron chi connectivity index (χ4n) is 3.57. The molecule has 1 N–H and O–H groups in total. The molecule has 1 aliphatic carbocycles. The Morgan fingerprint density at radius 2 is 2.09 bits per heavy atom. The molecule has 2 amide bonds. The summed E-state index contributed by atoms with van der Waals surface area (Å²) in [6.07, 6.45) is 6.81. The van der Waals surface area contributed by atoms with Crippen molar-refractivity contribution in [2.75, 3.05) is 23.9 Å². The lowest BCUT2D eigenvalue weighted by Gasteiger charge is -2.20. The van der Waals surface area contributed by atoms with Gasteiger partial charge in [-0.05, 0) is 43.4 Å². The number of carbonyl (C=O) groups excluding carboxylic acids is 2. The molecule has 0 aromatic heterocycles. The van der Waals surface area contributed by atoms with Gasteiger partial charge in [-0.15, -0.1) is 0 Å². The predicted molar refractivity (Wildman–Crippen MR) is 89.8 cm³/mol. The lowest BCUT2D eigenvalue weighted by molar-refractivity contribution is -0.117. The molecule has 1 aromatic carbocycles. The maximum absolute atomic E-state index is 12.2. The highest BCUT2D eigenvalue weighted by molar-refractivity contribution is 5.98. The Hall–Kier alpha value is -2.04. The first kappa shape index (κ1) is 15.8. The zero-order valence-electron chi connectivity index (χ0n) is 13.6. The summed E-state index contributed by atoms with van der Waals surface area (Å²) >= 11 is 0. The highest BCUT2D eigenvalue weighted by Crippen LogP contribution is 2.34. The highest BCUT2D eigenvalue weighted by Gasteiger charge is 2.25. The SMILES string of the molecule is COc1ccc(NC(=O)CC2CCCC2)cc1N1CCCC1=O. The van der Waals surface area contributed by atoms with Gasteiger partial charge in [-0.25, -0.2) is 0 Å². The van der Waals surface area contributed by atoms with Crippen LogP contribution in [0, 0.1) is 5.92 Å². The molecule has 0 bridgehead atoms. The van der Waals surface area contributed by atoms with Crippen LogP contribution < -0.4 is 15.0 Å². The molecule has 0 atom stereocenters. The van der Waals surface area contributed by atoms with Crippen LogP contribution in [0.5, 0.6) is 5.75 Å². The minimum absolute atomic E-state index is 0.0563. The Balaban J connectivity index is 1.72. The van der Waals surface area contributed by atoms with Crippen LogP contribution in [-0.2, 0) is 9.59 Å². The lowest BCUT2D eigenvalue weighted by Crippen LogP contribution is -2.24. The van der Waals surface area contributed by atoms with Crippen LogP contribution >= 0.6 is 0 Å². The van der Waals surface area contributed by atoms with E-state index in [2.05, 4.69) is 5.32 Å². The van der Waals surface area contributed by atoms with Gasteiger partial charge in [0.15, 0.2) is 0 Å². The Kier molecular flexibility index (Phi) is 4.84. The van der Waals surface area contributed by atoms with Crippen LogP contribution in [-0.4, -0.2) is 25.5 Å². The quantitative estimate of drug-likeness (QED) is 0.906. The van der Waals surface area contributed by atoms with Crippen LogP contribution in [0.4, 0.5) is 11.4 Å². The maximum Gasteiger partial charge on any atom is 0.227 e. The normalized spacial score (nSPS) is 18.5. The van der Waals surface area contributed by atoms with Crippen LogP contribution in [0.2, 0.25) is 0 Å². The third kappa shape index (κ3) is 3.66. The van der Waals surface area contributed by atoms with E-state index in [-0.39, 0.29) is 11.8 Å². The smallest absolute Gasteiger partial charge is 0.227 e. The molecular weight excluding hydrogens is 292 g/mol. The first-order valence-corrected chi connectivity index (χ1v) is 8.45. The van der Waals surface area contributed by atoms with Crippen molar-refractivity contribution in [2.45, 2.75) is 44.9 Å². The molecule has 0 spiro atoms. The van der Waals surface area contributed by atoms with E-state index >= 15 is 0 Å². The summed E-state index contributed by atoms with van der Waals surface area (Å²) in [5.74, 6) is 1.35. The van der Waals surface area contributed by atoms with E-state index in [4.69, 9.17) is 4.74 Å². The summed E-state index contributed by atoms with van der Waals surface area (Å²) in [5.41, 5.74) is 1.47. The van der Waals surface area contributed by atoms with E-state index in [0.717, 1.165) is 30.6 Å². The molecule has 124 valence electrons. The van der Waals surface area contributed by atoms with Gasteiger partial charge in [-0.3, -0.25) is 9.59 Å². The monoisotopic (exact) mass is 316 g/mol. The Bertz CT molecular complexity index is 594. The maximum atomic E-state index is 12.2. The largest absolute Gasteiger partial charge is 0.495 e. The summed E-state index contributed by atoms with van der Waals surface area (Å²) in [4.78, 5) is 25.9. The van der Waals surface area contributed by atoms with Gasteiger partial charge >= 0.3 is 0 Å². The van der Waals surface area contributed by atoms with Gasteiger partial charge < -0.3 is 15.0 Å². The molecule has 1 aromatic rings. The number of ether oxygens (including phenoxy) is 1. The third-order valence-corrected chi connectivity index (χ3v) is 4.78. The van der Waals surface area contributed by atoms with Crippen molar-refractivity contribution in [2.24, 2.45) is 5.92 Å². The van der Waals surface area contributed by atoms with Crippen molar-refractivity contribution in [3.8, 4) is 5.75 Å². The Morgan fingerprint density at radius 1 is 1.30 bits per heavy atom. The van der Waals surface area contributed by atoms with E-state index in [0.29, 0.717) is 31.1 Å². The standard InChI is InChI=1S/C18H24N2O3/c1-23-16-9-8-14(12-15(16)20-10-4-7-18(20)22)19-17(21)11-13-5-2-3-6-13/h8-9,12-13H,2-7,10-11H2,1H3,(H,19,21). The number of anilines is 2. The Morgan fingerprint density at radius 3 is 2.74 bits per heavy atom. The van der Waals surface area contributed by atoms with Gasteiger partial charge in [0.25, 0.3) is 0 Å². The van der Waals surface area contributed by atoms with Gasteiger partial charge in [0.1, 0.15) is 5.75 Å². The fourth-order valence-corrected chi connectivity index (χ4v) is 3.57. The molecule has 0 unspecified atom stereocenters. The van der Waals surface area contributed by atoms with Crippen LogP contribution in [0.15, 0.2) is 18.2 Å². The van der Waals surface area contributed by atoms with Crippen molar-refractivity contribution >= 4 is 23.2 Å². The number of nitrogens with zero attached hydrogens (tertiary/aromatic N) is 1. The van der Waals surface area contributed by atoms with Crippen LogP contribution in [0.25, 0.3) is 0 Å². The van der Waals surface area contributed by atoms with Crippen LogP contribution in [0.1, 0.15) is 44.9 Å². The average molecular weight is 316 g/mol. The molecule has 5 heteroatoms. The zero-order chi connectivity index (χ0) is 16.2. The molecule has 2 fully saturated rings. The number of carbonyl (C=O) groups is 2. The van der Waals surface area contributed by atoms with E-state index in [9.17, 15) is 9.59 Å². The number of benzene rings is 1. The second-order valence-electron chi connectivity index (χ2n) is 6.44. The van der Waals surface area contributed by atoms with Gasteiger partial charge in [0, 0.05) is 25.1 Å². The Labute approximate surface area is 137 Å². The number of amides is 2. The predicted octanol–water partition coefficient (Wildman–Crippen LogP) is 3.34. The second-order valence-corrected chi connectivity index (χ2v) is 6.44. The molecule has 2 aliphatic rings. The number of methoxy groups -OCH3 is 1. The van der Waals surface area contributed by atoms with Crippen molar-refractivity contribution in [3.05, 3.63) is 18.2 Å². The topological polar surface area (TPSA) is 58.6 Å². The number of hydrogen-bond acceptors (Lipinski definition) is 3. The minimum atomic E-state index is 0.0563. The lowest BCUT2D eigenvalue weighted by atomic mass is 10.0. The first-order valence-electron chi connectivity index (χ1n) is 8.45. The van der Waals surface area contributed by atoms with E-state index in [1.807, 2.05) is 18.2 Å². The van der Waals surface area contributed by atoms with E-state index < -0.39 is 0 Å². The van der Waals surface area contributed by atoms with Crippen molar-refractivity contribution in [1.82, 2.24) is 0 Å². The van der Waals surface area contributed by atoms with Crippen molar-refractivity contribution < 1.29 is 14.3 Å². The summed E-state index contributed by atoms with van der Waals surface area (Å²) < 4.78 is 5.37. The molecule has 1 heterocycles. The molecule has 1 saturated carbocycles. The molecule has 23 heavy (non-hydrogen) atoms. The van der Waals surface area contributed by atoms with Crippen molar-refractivity contribution in [3.63, 3.8) is 0 Å². The van der Waals surface area contributed by atoms with Gasteiger partial charge in [-0.2, -0.15) is 0 Å². The molecular formula is C18H24N2O3. The number of rotatable bonds is 5. The summed E-state index contributed by atoms with van der Waals surface area (Å²) in [7, 11) is 1.59. The zero-order valence-corrected chi connectivity index (χ0v) is 13.6. The molecule has 1 aliphatic heterocycles. The van der Waals surface area contributed by atoms with Gasteiger partial charge in [0.05, 0.1) is 12.8 Å².